The highest BCUT2D eigenvalue weighted by molar-refractivity contribution is 6.17. The number of aromatic nitrogens is 1. The molecule has 0 radical (unpaired) electrons. The summed E-state index contributed by atoms with van der Waals surface area (Å²) in [6, 6.07) is 0.926. The first-order valence-corrected chi connectivity index (χ1v) is 4.89. The third-order valence-electron chi connectivity index (χ3n) is 1.76. The van der Waals surface area contributed by atoms with Gasteiger partial charge in [-0.15, -0.1) is 11.6 Å². The maximum absolute atomic E-state index is 12.7. The third-order valence-corrected chi connectivity index (χ3v) is 2.04. The molecular formula is C9H7ClF5NO. The SMILES string of the molecule is Fc1cnc(OCC(F)(F)C(F)F)c(CCl)c1. The molecule has 1 heterocycles. The minimum absolute atomic E-state index is 0.0109. The molecule has 1 rings (SSSR count). The highest BCUT2D eigenvalue weighted by atomic mass is 35.5. The average Bonchev–Trinajstić information content (AvgIpc) is 2.27. The van der Waals surface area contributed by atoms with E-state index in [0.29, 0.717) is 6.20 Å². The number of nitrogens with zero attached hydrogens (tertiary/aromatic N) is 1. The summed E-state index contributed by atoms with van der Waals surface area (Å²) < 4.78 is 65.8. The molecule has 0 saturated carbocycles. The summed E-state index contributed by atoms with van der Waals surface area (Å²) >= 11 is 5.39. The first kappa shape index (κ1) is 14.0. The summed E-state index contributed by atoms with van der Waals surface area (Å²) in [5.41, 5.74) is 0.0109. The molecule has 0 atom stereocenters. The molecule has 0 aliphatic heterocycles. The maximum Gasteiger partial charge on any atom is 0.340 e. The van der Waals surface area contributed by atoms with Crippen LogP contribution in [-0.4, -0.2) is 23.9 Å². The Morgan fingerprint density at radius 2 is 2.06 bits per heavy atom. The van der Waals surface area contributed by atoms with Crippen LogP contribution in [0.25, 0.3) is 0 Å². The third kappa shape index (κ3) is 3.69. The number of alkyl halides is 5. The van der Waals surface area contributed by atoms with Crippen LogP contribution in [0, 0.1) is 5.82 Å². The molecule has 0 saturated heterocycles. The summed E-state index contributed by atoms with van der Waals surface area (Å²) in [4.78, 5) is 3.35. The molecule has 0 bridgehead atoms. The molecule has 1 aromatic rings. The average molecular weight is 276 g/mol. The van der Waals surface area contributed by atoms with Crippen molar-refractivity contribution in [3.63, 3.8) is 0 Å². The topological polar surface area (TPSA) is 22.1 Å². The van der Waals surface area contributed by atoms with Gasteiger partial charge in [-0.1, -0.05) is 0 Å². The van der Waals surface area contributed by atoms with Gasteiger partial charge in [0.05, 0.1) is 12.1 Å². The van der Waals surface area contributed by atoms with E-state index in [2.05, 4.69) is 9.72 Å². The van der Waals surface area contributed by atoms with Crippen molar-refractivity contribution in [3.8, 4) is 5.88 Å². The van der Waals surface area contributed by atoms with Crippen LogP contribution in [0.5, 0.6) is 5.88 Å². The number of rotatable bonds is 5. The van der Waals surface area contributed by atoms with E-state index in [1.54, 1.807) is 0 Å². The first-order valence-electron chi connectivity index (χ1n) is 4.36. The van der Waals surface area contributed by atoms with Crippen molar-refractivity contribution in [1.82, 2.24) is 4.98 Å². The number of hydrogen-bond donors (Lipinski definition) is 0. The Labute approximate surface area is 98.4 Å². The zero-order chi connectivity index (χ0) is 13.1. The normalized spacial score (nSPS) is 11.9. The van der Waals surface area contributed by atoms with E-state index in [9.17, 15) is 22.0 Å². The van der Waals surface area contributed by atoms with Crippen LogP contribution in [0.4, 0.5) is 22.0 Å². The van der Waals surface area contributed by atoms with Crippen LogP contribution < -0.4 is 4.74 Å². The molecule has 0 spiro atoms. The summed E-state index contributed by atoms with van der Waals surface area (Å²) in [5.74, 6) is -5.64. The molecule has 0 N–H and O–H groups in total. The highest BCUT2D eigenvalue weighted by Crippen LogP contribution is 2.25. The fraction of sp³-hybridized carbons (Fsp3) is 0.444. The van der Waals surface area contributed by atoms with Gasteiger partial charge in [0.25, 0.3) is 0 Å². The van der Waals surface area contributed by atoms with E-state index < -0.39 is 24.8 Å². The number of halogens is 6. The molecule has 96 valence electrons. The minimum Gasteiger partial charge on any atom is -0.471 e. The molecule has 0 aliphatic carbocycles. The van der Waals surface area contributed by atoms with Crippen LogP contribution in [0.15, 0.2) is 12.3 Å². The molecule has 0 fully saturated rings. The van der Waals surface area contributed by atoms with Gasteiger partial charge in [0.2, 0.25) is 5.88 Å². The van der Waals surface area contributed by atoms with Crippen LogP contribution >= 0.6 is 11.6 Å². The zero-order valence-electron chi connectivity index (χ0n) is 8.27. The largest absolute Gasteiger partial charge is 0.471 e. The van der Waals surface area contributed by atoms with Gasteiger partial charge in [0.15, 0.2) is 6.61 Å². The summed E-state index contributed by atoms with van der Waals surface area (Å²) in [6.07, 6.45) is -3.13. The molecule has 0 aromatic carbocycles. The lowest BCUT2D eigenvalue weighted by Crippen LogP contribution is -2.34. The van der Waals surface area contributed by atoms with Crippen LogP contribution in [-0.2, 0) is 5.88 Å². The molecular weight excluding hydrogens is 269 g/mol. The monoisotopic (exact) mass is 275 g/mol. The summed E-state index contributed by atoms with van der Waals surface area (Å²) in [6.45, 7) is -1.55. The van der Waals surface area contributed by atoms with Crippen molar-refractivity contribution in [1.29, 1.82) is 0 Å². The Hall–Kier alpha value is -1.11. The van der Waals surface area contributed by atoms with Crippen molar-refractivity contribution in [2.24, 2.45) is 0 Å². The molecule has 1 aromatic heterocycles. The highest BCUT2D eigenvalue weighted by Gasteiger charge is 2.42. The quantitative estimate of drug-likeness (QED) is 0.608. The number of hydrogen-bond acceptors (Lipinski definition) is 2. The molecule has 0 unspecified atom stereocenters. The van der Waals surface area contributed by atoms with Crippen LogP contribution in [0.2, 0.25) is 0 Å². The second-order valence-corrected chi connectivity index (χ2v) is 3.37. The van der Waals surface area contributed by atoms with Gasteiger partial charge in [0, 0.05) is 5.56 Å². The van der Waals surface area contributed by atoms with E-state index in [0.717, 1.165) is 6.07 Å². The van der Waals surface area contributed by atoms with Gasteiger partial charge >= 0.3 is 12.3 Å². The molecule has 17 heavy (non-hydrogen) atoms. The lowest BCUT2D eigenvalue weighted by molar-refractivity contribution is -0.148. The van der Waals surface area contributed by atoms with E-state index in [4.69, 9.17) is 11.6 Å². The van der Waals surface area contributed by atoms with Crippen LogP contribution in [0.3, 0.4) is 0 Å². The second-order valence-electron chi connectivity index (χ2n) is 3.10. The lowest BCUT2D eigenvalue weighted by Gasteiger charge is -2.16. The van der Waals surface area contributed by atoms with E-state index in [1.807, 2.05) is 0 Å². The van der Waals surface area contributed by atoms with E-state index >= 15 is 0 Å². The van der Waals surface area contributed by atoms with Crippen molar-refractivity contribution >= 4 is 11.6 Å². The fourth-order valence-corrected chi connectivity index (χ4v) is 1.11. The predicted molar refractivity (Wildman–Crippen MR) is 50.2 cm³/mol. The first-order chi connectivity index (χ1) is 7.86. The smallest absolute Gasteiger partial charge is 0.340 e. The maximum atomic E-state index is 12.7. The molecule has 2 nitrogen and oxygen atoms in total. The number of pyridine rings is 1. The van der Waals surface area contributed by atoms with Gasteiger partial charge in [-0.05, 0) is 6.07 Å². The predicted octanol–water partition coefficient (Wildman–Crippen LogP) is 3.24. The Morgan fingerprint density at radius 1 is 1.41 bits per heavy atom. The van der Waals surface area contributed by atoms with E-state index in [-0.39, 0.29) is 17.3 Å². The minimum atomic E-state index is -4.29. The second kappa shape index (κ2) is 5.48. The van der Waals surface area contributed by atoms with Crippen molar-refractivity contribution in [3.05, 3.63) is 23.6 Å². The zero-order valence-corrected chi connectivity index (χ0v) is 9.03. The Balaban J connectivity index is 2.76. The van der Waals surface area contributed by atoms with Crippen LogP contribution in [0.1, 0.15) is 5.56 Å². The van der Waals surface area contributed by atoms with Gasteiger partial charge in [-0.3, -0.25) is 0 Å². The molecule has 0 aliphatic rings. The van der Waals surface area contributed by atoms with Gasteiger partial charge in [0.1, 0.15) is 5.82 Å². The summed E-state index contributed by atoms with van der Waals surface area (Å²) in [5, 5.41) is 0. The van der Waals surface area contributed by atoms with Crippen molar-refractivity contribution in [2.75, 3.05) is 6.61 Å². The lowest BCUT2D eigenvalue weighted by atomic mass is 10.3. The van der Waals surface area contributed by atoms with Crippen molar-refractivity contribution < 1.29 is 26.7 Å². The molecule has 0 amide bonds. The van der Waals surface area contributed by atoms with Crippen molar-refractivity contribution in [2.45, 2.75) is 18.2 Å². The van der Waals surface area contributed by atoms with Gasteiger partial charge in [-0.2, -0.15) is 8.78 Å². The standard InChI is InChI=1S/C9H7ClF5NO/c10-2-5-1-6(11)3-16-7(5)17-4-9(14,15)8(12)13/h1,3,8H,2,4H2. The summed E-state index contributed by atoms with van der Waals surface area (Å²) in [7, 11) is 0. The van der Waals surface area contributed by atoms with Gasteiger partial charge < -0.3 is 4.74 Å². The van der Waals surface area contributed by atoms with E-state index in [1.165, 1.54) is 0 Å². The Morgan fingerprint density at radius 3 is 2.59 bits per heavy atom. The number of ether oxygens (including phenoxy) is 1. The van der Waals surface area contributed by atoms with Gasteiger partial charge in [-0.25, -0.2) is 18.2 Å². The Bertz CT molecular complexity index is 388. The fourth-order valence-electron chi connectivity index (χ4n) is 0.922. The Kier molecular flexibility index (Phi) is 4.50. The molecule has 8 heteroatoms.